The van der Waals surface area contributed by atoms with Gasteiger partial charge in [-0.2, -0.15) is 4.98 Å². The molecule has 31 heavy (non-hydrogen) atoms. The van der Waals surface area contributed by atoms with Crippen LogP contribution >= 0.6 is 0 Å². The maximum absolute atomic E-state index is 11.7. The minimum absolute atomic E-state index is 0.0527. The van der Waals surface area contributed by atoms with Crippen molar-refractivity contribution in [2.75, 3.05) is 30.5 Å². The van der Waals surface area contributed by atoms with Crippen LogP contribution in [0.25, 0.3) is 0 Å². The number of rotatable bonds is 5. The zero-order valence-corrected chi connectivity index (χ0v) is 18.0. The molecule has 162 valence electrons. The number of aliphatic hydroxyl groups is 1. The highest BCUT2D eigenvalue weighted by Crippen LogP contribution is 2.22. The smallest absolute Gasteiger partial charge is 0.251 e. The van der Waals surface area contributed by atoms with Gasteiger partial charge in [0.05, 0.1) is 21.9 Å². The Hall–Kier alpha value is -3.30. The summed E-state index contributed by atoms with van der Waals surface area (Å²) in [6.45, 7) is 0.875. The second kappa shape index (κ2) is 10.6. The van der Waals surface area contributed by atoms with Gasteiger partial charge in [0.15, 0.2) is 0 Å². The van der Waals surface area contributed by atoms with Gasteiger partial charge in [0.2, 0.25) is 5.95 Å². The highest BCUT2D eigenvalue weighted by Gasteiger charge is 2.16. The Morgan fingerprint density at radius 3 is 2.68 bits per heavy atom. The summed E-state index contributed by atoms with van der Waals surface area (Å²) in [6, 6.07) is 15.4. The molecule has 9 heteroatoms. The minimum atomic E-state index is -1.22. The van der Waals surface area contributed by atoms with Crippen molar-refractivity contribution in [3.05, 3.63) is 71.4 Å². The lowest BCUT2D eigenvalue weighted by molar-refractivity contribution is 0.0946. The van der Waals surface area contributed by atoms with Crippen molar-refractivity contribution in [2.45, 2.75) is 17.7 Å². The molecule has 0 spiro atoms. The number of nitrogens with two attached hydrogens (primary N) is 1. The van der Waals surface area contributed by atoms with Crippen molar-refractivity contribution in [1.29, 1.82) is 0 Å². The van der Waals surface area contributed by atoms with Crippen LogP contribution in [-0.2, 0) is 23.6 Å². The van der Waals surface area contributed by atoms with Crippen molar-refractivity contribution in [3.8, 4) is 0 Å². The first-order chi connectivity index (χ1) is 15.0. The van der Waals surface area contributed by atoms with Gasteiger partial charge in [0, 0.05) is 30.7 Å². The molecule has 4 rings (SSSR count). The first-order valence-electron chi connectivity index (χ1n) is 9.77. The van der Waals surface area contributed by atoms with Crippen molar-refractivity contribution in [1.82, 2.24) is 15.3 Å². The fourth-order valence-corrected chi connectivity index (χ4v) is 3.62. The molecule has 3 aromatic rings. The van der Waals surface area contributed by atoms with Crippen LogP contribution in [0.3, 0.4) is 0 Å². The summed E-state index contributed by atoms with van der Waals surface area (Å²) in [4.78, 5) is 20.3. The lowest BCUT2D eigenvalue weighted by Crippen LogP contribution is -2.31. The number of nitrogens with one attached hydrogen (secondary N) is 2. The number of amides is 1. The molecule has 5 N–H and O–H groups in total. The van der Waals surface area contributed by atoms with Crippen LogP contribution in [0.4, 0.5) is 17.5 Å². The van der Waals surface area contributed by atoms with Crippen LogP contribution in [-0.4, -0.2) is 44.6 Å². The average Bonchev–Trinajstić information content (AvgIpc) is 2.75. The molecule has 0 radical (unpaired) electrons. The number of aliphatic hydroxyl groups excluding tert-OH is 1. The Bertz CT molecular complexity index is 1080. The summed E-state index contributed by atoms with van der Waals surface area (Å²) in [5.41, 5.74) is 9.41. The first-order valence-corrected chi connectivity index (χ1v) is 11.3. The molecule has 1 aliphatic rings. The van der Waals surface area contributed by atoms with E-state index in [-0.39, 0.29) is 18.3 Å². The summed E-state index contributed by atoms with van der Waals surface area (Å²) in [6.07, 6.45) is 4.53. The van der Waals surface area contributed by atoms with Crippen molar-refractivity contribution in [3.63, 3.8) is 0 Å². The number of hydrogen-bond acceptors (Lipinski definition) is 7. The third-order valence-electron chi connectivity index (χ3n) is 4.62. The predicted octanol–water partition coefficient (Wildman–Crippen LogP) is 2.05. The number of nitrogen functional groups attached to an aromatic ring is 1. The van der Waals surface area contributed by atoms with E-state index in [0.29, 0.717) is 23.0 Å². The normalized spacial score (nSPS) is 13.3. The van der Waals surface area contributed by atoms with Crippen molar-refractivity contribution >= 4 is 34.2 Å². The van der Waals surface area contributed by atoms with Gasteiger partial charge in [0.25, 0.3) is 5.91 Å². The van der Waals surface area contributed by atoms with Gasteiger partial charge in [-0.05, 0) is 42.2 Å². The third kappa shape index (κ3) is 6.09. The van der Waals surface area contributed by atoms with E-state index in [4.69, 9.17) is 10.8 Å². The summed E-state index contributed by atoms with van der Waals surface area (Å²) < 4.78 is 11.4. The van der Waals surface area contributed by atoms with Crippen LogP contribution in [0.2, 0.25) is 0 Å². The Morgan fingerprint density at radius 1 is 1.23 bits per heavy atom. The van der Waals surface area contributed by atoms with E-state index in [0.717, 1.165) is 24.1 Å². The van der Waals surface area contributed by atoms with E-state index in [1.807, 2.05) is 36.4 Å². The highest BCUT2D eigenvalue weighted by atomic mass is 32.2. The largest absolute Gasteiger partial charge is 0.396 e. The minimum Gasteiger partial charge on any atom is -0.396 e. The predicted molar refractivity (Wildman–Crippen MR) is 122 cm³/mol. The molecule has 1 unspecified atom stereocenters. The molecule has 0 saturated carbocycles. The van der Waals surface area contributed by atoms with Gasteiger partial charge < -0.3 is 21.5 Å². The topological polar surface area (TPSA) is 130 Å². The fourth-order valence-electron chi connectivity index (χ4n) is 3.07. The molecule has 1 atom stereocenters. The van der Waals surface area contributed by atoms with E-state index in [1.165, 1.54) is 18.0 Å². The number of carbonyl (C=O) groups is 1. The number of nitrogens with zero attached hydrogens (tertiary/aromatic N) is 2. The summed E-state index contributed by atoms with van der Waals surface area (Å²) in [7, 11) is -1.22. The highest BCUT2D eigenvalue weighted by molar-refractivity contribution is 7.84. The van der Waals surface area contributed by atoms with E-state index in [1.54, 1.807) is 12.1 Å². The quantitative estimate of drug-likeness (QED) is 0.479. The van der Waals surface area contributed by atoms with E-state index in [2.05, 4.69) is 20.6 Å². The van der Waals surface area contributed by atoms with E-state index < -0.39 is 10.8 Å². The van der Waals surface area contributed by atoms with E-state index >= 15 is 0 Å². The average molecular weight is 440 g/mol. The zero-order chi connectivity index (χ0) is 22.2. The van der Waals surface area contributed by atoms with Gasteiger partial charge >= 0.3 is 0 Å². The third-order valence-corrected chi connectivity index (χ3v) is 5.56. The molecule has 1 amide bonds. The molecule has 1 aliphatic heterocycles. The Kier molecular flexibility index (Phi) is 7.69. The van der Waals surface area contributed by atoms with Crippen molar-refractivity contribution in [2.24, 2.45) is 0 Å². The van der Waals surface area contributed by atoms with Gasteiger partial charge in [0.1, 0.15) is 5.82 Å². The van der Waals surface area contributed by atoms with Crippen LogP contribution in [0.5, 0.6) is 0 Å². The number of benzene rings is 2. The molecule has 0 saturated heterocycles. The number of fused-ring (bicyclic) bond motifs is 1. The maximum Gasteiger partial charge on any atom is 0.251 e. The molecule has 0 aliphatic carbocycles. The van der Waals surface area contributed by atoms with E-state index in [9.17, 15) is 9.00 Å². The molecule has 2 heterocycles. The molecular weight excluding hydrogens is 414 g/mol. The monoisotopic (exact) mass is 439 g/mol. The van der Waals surface area contributed by atoms with Gasteiger partial charge in [-0.25, -0.2) is 4.98 Å². The maximum atomic E-state index is 11.7. The first kappa shape index (κ1) is 22.4. The van der Waals surface area contributed by atoms with Crippen molar-refractivity contribution < 1.29 is 14.1 Å². The molecule has 0 fully saturated rings. The molecular formula is C22H25N5O3S. The standard InChI is InChI=1S/C14H15N5O2S.C8H10O/c1-22(21)11-7-17-14(19-12(11)15)18-9-2-3-10-8(6-9)4-5-16-13(10)20;9-7-6-8-4-2-1-3-5-8/h2-3,6-7H,4-5H2,1H3,(H,16,20)(H3,15,17,18,19);1-5,9H,6-7H2. The Morgan fingerprint density at radius 2 is 2.00 bits per heavy atom. The number of hydrogen-bond donors (Lipinski definition) is 4. The Labute approximate surface area is 183 Å². The molecule has 0 bridgehead atoms. The fraction of sp³-hybridized carbons (Fsp3) is 0.227. The molecule has 2 aromatic carbocycles. The zero-order valence-electron chi connectivity index (χ0n) is 17.2. The van der Waals surface area contributed by atoms with Crippen LogP contribution in [0, 0.1) is 0 Å². The summed E-state index contributed by atoms with van der Waals surface area (Å²) in [5, 5.41) is 14.4. The number of carbonyl (C=O) groups excluding carboxylic acids is 1. The molecule has 8 nitrogen and oxygen atoms in total. The van der Waals surface area contributed by atoms with Gasteiger partial charge in [-0.3, -0.25) is 9.00 Å². The molecule has 1 aromatic heterocycles. The second-order valence-electron chi connectivity index (χ2n) is 6.86. The lowest BCUT2D eigenvalue weighted by atomic mass is 10.00. The second-order valence-corrected chi connectivity index (χ2v) is 8.21. The summed E-state index contributed by atoms with van der Waals surface area (Å²) in [5.74, 6) is 0.464. The van der Waals surface area contributed by atoms with Crippen LogP contribution in [0.1, 0.15) is 21.5 Å². The van der Waals surface area contributed by atoms with Crippen LogP contribution < -0.4 is 16.4 Å². The Balaban J connectivity index is 0.000000254. The van der Waals surface area contributed by atoms with Gasteiger partial charge in [-0.15, -0.1) is 0 Å². The van der Waals surface area contributed by atoms with Crippen LogP contribution in [0.15, 0.2) is 59.6 Å². The summed E-state index contributed by atoms with van der Waals surface area (Å²) >= 11 is 0. The van der Waals surface area contributed by atoms with Gasteiger partial charge in [-0.1, -0.05) is 30.3 Å². The number of anilines is 3. The number of aromatic nitrogens is 2. The SMILES string of the molecule is CS(=O)c1cnc(Nc2ccc3c(c2)CCNC3=O)nc1N.OCCc1ccccc1. The lowest BCUT2D eigenvalue weighted by Gasteiger charge is -2.17.